The highest BCUT2D eigenvalue weighted by Crippen LogP contribution is 2.32. The van der Waals surface area contributed by atoms with Gasteiger partial charge in [-0.2, -0.15) is 0 Å². The fraction of sp³-hybridized carbons (Fsp3) is 0.375. The molecular formula is C24H28N2OS. The van der Waals surface area contributed by atoms with Crippen molar-refractivity contribution in [2.45, 2.75) is 45.1 Å². The van der Waals surface area contributed by atoms with Gasteiger partial charge in [-0.25, -0.2) is 0 Å². The van der Waals surface area contributed by atoms with Gasteiger partial charge in [0, 0.05) is 10.7 Å². The van der Waals surface area contributed by atoms with Crippen LogP contribution in [0.2, 0.25) is 0 Å². The van der Waals surface area contributed by atoms with E-state index in [2.05, 4.69) is 73.9 Å². The van der Waals surface area contributed by atoms with Crippen molar-refractivity contribution < 1.29 is 4.79 Å². The van der Waals surface area contributed by atoms with Gasteiger partial charge in [-0.05, 0) is 65.6 Å². The molecular weight excluding hydrogens is 364 g/mol. The van der Waals surface area contributed by atoms with Crippen LogP contribution in [0.4, 0.5) is 0 Å². The van der Waals surface area contributed by atoms with E-state index in [1.165, 1.54) is 16.7 Å². The van der Waals surface area contributed by atoms with Crippen LogP contribution >= 0.6 is 11.3 Å². The number of carbonyl (C=O) groups excluding carboxylic acids is 1. The molecule has 1 amide bonds. The van der Waals surface area contributed by atoms with E-state index in [-0.39, 0.29) is 17.4 Å². The molecule has 3 aromatic rings. The Morgan fingerprint density at radius 3 is 2.36 bits per heavy atom. The molecule has 1 aliphatic rings. The SMILES string of the molecule is CC(C)(C)c1ccc(-c2ccc3cc(C(=O)NC4CCNCC4)sc3c2)cc1. The Labute approximate surface area is 171 Å². The molecule has 1 aromatic heterocycles. The van der Waals surface area contributed by atoms with Gasteiger partial charge in [0.15, 0.2) is 0 Å². The number of hydrogen-bond acceptors (Lipinski definition) is 3. The topological polar surface area (TPSA) is 41.1 Å². The smallest absolute Gasteiger partial charge is 0.261 e. The number of benzene rings is 2. The summed E-state index contributed by atoms with van der Waals surface area (Å²) >= 11 is 1.58. The molecule has 3 nitrogen and oxygen atoms in total. The predicted molar refractivity (Wildman–Crippen MR) is 119 cm³/mol. The molecule has 2 heterocycles. The molecule has 0 radical (unpaired) electrons. The maximum Gasteiger partial charge on any atom is 0.261 e. The highest BCUT2D eigenvalue weighted by molar-refractivity contribution is 7.20. The van der Waals surface area contributed by atoms with Crippen LogP contribution in [0, 0.1) is 0 Å². The van der Waals surface area contributed by atoms with Crippen LogP contribution in [0.25, 0.3) is 21.2 Å². The first-order valence-corrected chi connectivity index (χ1v) is 10.9. The standard InChI is InChI=1S/C24H28N2OS/c1-24(2,3)19-8-6-16(7-9-19)17-4-5-18-15-22(28-21(18)14-17)23(27)26-20-10-12-25-13-11-20/h4-9,14-15,20,25H,10-13H2,1-3H3,(H,26,27). The summed E-state index contributed by atoms with van der Waals surface area (Å²) in [6, 6.07) is 17.6. The normalized spacial score (nSPS) is 15.7. The van der Waals surface area contributed by atoms with Crippen molar-refractivity contribution in [2.24, 2.45) is 0 Å². The van der Waals surface area contributed by atoms with E-state index in [0.717, 1.165) is 40.9 Å². The second-order valence-corrected chi connectivity index (χ2v) is 9.77. The number of piperidine rings is 1. The zero-order valence-corrected chi connectivity index (χ0v) is 17.7. The quantitative estimate of drug-likeness (QED) is 0.631. The summed E-state index contributed by atoms with van der Waals surface area (Å²) in [7, 11) is 0. The summed E-state index contributed by atoms with van der Waals surface area (Å²) in [5.74, 6) is 0.0594. The van der Waals surface area contributed by atoms with Crippen molar-refractivity contribution in [1.82, 2.24) is 10.6 Å². The number of hydrogen-bond donors (Lipinski definition) is 2. The van der Waals surface area contributed by atoms with Crippen molar-refractivity contribution >= 4 is 27.3 Å². The van der Waals surface area contributed by atoms with Crippen LogP contribution in [-0.2, 0) is 5.41 Å². The Morgan fingerprint density at radius 2 is 1.68 bits per heavy atom. The average Bonchev–Trinajstić information content (AvgIpc) is 3.12. The minimum absolute atomic E-state index is 0.0594. The van der Waals surface area contributed by atoms with Gasteiger partial charge in [0.05, 0.1) is 4.88 Å². The summed E-state index contributed by atoms with van der Waals surface area (Å²) < 4.78 is 1.16. The number of carbonyl (C=O) groups is 1. The Bertz CT molecular complexity index is 976. The van der Waals surface area contributed by atoms with Crippen LogP contribution in [0.1, 0.15) is 48.8 Å². The first-order valence-electron chi connectivity index (χ1n) is 10.1. The fourth-order valence-corrected chi connectivity index (χ4v) is 4.71. The maximum absolute atomic E-state index is 12.6. The van der Waals surface area contributed by atoms with E-state index in [0.29, 0.717) is 0 Å². The van der Waals surface area contributed by atoms with Gasteiger partial charge in [-0.15, -0.1) is 11.3 Å². The van der Waals surface area contributed by atoms with Crippen molar-refractivity contribution in [3.8, 4) is 11.1 Å². The van der Waals surface area contributed by atoms with Crippen molar-refractivity contribution in [3.05, 3.63) is 59.0 Å². The average molecular weight is 393 g/mol. The minimum atomic E-state index is 0.0594. The van der Waals surface area contributed by atoms with Gasteiger partial charge in [-0.3, -0.25) is 4.79 Å². The lowest BCUT2D eigenvalue weighted by molar-refractivity contribution is 0.0934. The van der Waals surface area contributed by atoms with E-state index in [4.69, 9.17) is 0 Å². The number of fused-ring (bicyclic) bond motifs is 1. The van der Waals surface area contributed by atoms with Crippen molar-refractivity contribution in [3.63, 3.8) is 0 Å². The molecule has 4 rings (SSSR count). The van der Waals surface area contributed by atoms with Crippen LogP contribution in [-0.4, -0.2) is 25.0 Å². The van der Waals surface area contributed by atoms with Crippen molar-refractivity contribution in [2.75, 3.05) is 13.1 Å². The molecule has 0 bridgehead atoms. The summed E-state index contributed by atoms with van der Waals surface area (Å²) in [5, 5.41) is 7.66. The third-order valence-electron chi connectivity index (χ3n) is 5.50. The lowest BCUT2D eigenvalue weighted by Gasteiger charge is -2.23. The Morgan fingerprint density at radius 1 is 1.00 bits per heavy atom. The Hall–Kier alpha value is -2.17. The molecule has 0 saturated carbocycles. The van der Waals surface area contributed by atoms with E-state index < -0.39 is 0 Å². The molecule has 0 spiro atoms. The molecule has 2 aromatic carbocycles. The monoisotopic (exact) mass is 392 g/mol. The molecule has 1 fully saturated rings. The van der Waals surface area contributed by atoms with E-state index >= 15 is 0 Å². The largest absolute Gasteiger partial charge is 0.349 e. The zero-order valence-electron chi connectivity index (χ0n) is 16.8. The number of nitrogens with one attached hydrogen (secondary N) is 2. The zero-order chi connectivity index (χ0) is 19.7. The van der Waals surface area contributed by atoms with Crippen molar-refractivity contribution in [1.29, 1.82) is 0 Å². The predicted octanol–water partition coefficient (Wildman–Crippen LogP) is 5.35. The second-order valence-electron chi connectivity index (χ2n) is 8.69. The molecule has 146 valence electrons. The number of thiophene rings is 1. The molecule has 0 aliphatic carbocycles. The van der Waals surface area contributed by atoms with Gasteiger partial charge >= 0.3 is 0 Å². The lowest BCUT2D eigenvalue weighted by Crippen LogP contribution is -2.42. The molecule has 1 saturated heterocycles. The van der Waals surface area contributed by atoms with Gasteiger partial charge in [0.2, 0.25) is 0 Å². The maximum atomic E-state index is 12.6. The Balaban J connectivity index is 1.55. The summed E-state index contributed by atoms with van der Waals surface area (Å²) in [4.78, 5) is 13.4. The summed E-state index contributed by atoms with van der Waals surface area (Å²) in [6.07, 6.45) is 2.01. The molecule has 1 aliphatic heterocycles. The molecule has 0 unspecified atom stereocenters. The first-order chi connectivity index (χ1) is 13.4. The lowest BCUT2D eigenvalue weighted by atomic mass is 9.86. The van der Waals surface area contributed by atoms with Gasteiger partial charge in [0.1, 0.15) is 0 Å². The van der Waals surface area contributed by atoms with Crippen LogP contribution in [0.3, 0.4) is 0 Å². The summed E-state index contributed by atoms with van der Waals surface area (Å²) in [6.45, 7) is 8.66. The van der Waals surface area contributed by atoms with Gasteiger partial charge in [0.25, 0.3) is 5.91 Å². The molecule has 2 N–H and O–H groups in total. The fourth-order valence-electron chi connectivity index (χ4n) is 3.71. The van der Waals surface area contributed by atoms with Crippen LogP contribution < -0.4 is 10.6 Å². The van der Waals surface area contributed by atoms with E-state index in [1.807, 2.05) is 6.07 Å². The van der Waals surface area contributed by atoms with Gasteiger partial charge in [-0.1, -0.05) is 57.2 Å². The van der Waals surface area contributed by atoms with E-state index in [1.54, 1.807) is 11.3 Å². The Kier molecular flexibility index (Phi) is 5.26. The van der Waals surface area contributed by atoms with Gasteiger partial charge < -0.3 is 10.6 Å². The number of amides is 1. The second kappa shape index (κ2) is 7.69. The third kappa shape index (κ3) is 4.13. The third-order valence-corrected chi connectivity index (χ3v) is 6.60. The molecule has 4 heteroatoms. The van der Waals surface area contributed by atoms with Crippen LogP contribution in [0.5, 0.6) is 0 Å². The van der Waals surface area contributed by atoms with E-state index in [9.17, 15) is 4.79 Å². The highest BCUT2D eigenvalue weighted by atomic mass is 32.1. The van der Waals surface area contributed by atoms with Crippen LogP contribution in [0.15, 0.2) is 48.5 Å². The molecule has 0 atom stereocenters. The summed E-state index contributed by atoms with van der Waals surface area (Å²) in [5.41, 5.74) is 3.90. The highest BCUT2D eigenvalue weighted by Gasteiger charge is 2.18. The first kappa shape index (κ1) is 19.2. The minimum Gasteiger partial charge on any atom is -0.349 e. The number of rotatable bonds is 3. The molecule has 28 heavy (non-hydrogen) atoms.